The third-order valence-electron chi connectivity index (χ3n) is 5.65. The highest BCUT2D eigenvalue weighted by molar-refractivity contribution is 7.18. The number of aryl methyl sites for hydroxylation is 2. The van der Waals surface area contributed by atoms with Crippen LogP contribution in [-0.2, 0) is 25.8 Å². The van der Waals surface area contributed by atoms with Crippen LogP contribution in [0.25, 0.3) is 10.2 Å². The van der Waals surface area contributed by atoms with Crippen molar-refractivity contribution in [3.05, 3.63) is 62.5 Å². The summed E-state index contributed by atoms with van der Waals surface area (Å²) in [4.78, 5) is 25.1. The van der Waals surface area contributed by atoms with Gasteiger partial charge in [-0.05, 0) is 49.1 Å². The second-order valence-corrected chi connectivity index (χ2v) is 9.92. The fourth-order valence-corrected chi connectivity index (χ4v) is 5.74. The molecule has 30 heavy (non-hydrogen) atoms. The van der Waals surface area contributed by atoms with E-state index in [-0.39, 0.29) is 5.56 Å². The Morgan fingerprint density at radius 1 is 1.17 bits per heavy atom. The Morgan fingerprint density at radius 2 is 1.93 bits per heavy atom. The first-order valence-electron chi connectivity index (χ1n) is 11.0. The van der Waals surface area contributed by atoms with Crippen LogP contribution in [0.3, 0.4) is 0 Å². The number of aliphatic hydroxyl groups excluding tert-OH is 1. The SMILES string of the molecule is CC(C)CN(Cc1nc2sc3c(c2c(=O)[nH]1)CCCC3)C[C@@H](O)Cc1ccccc1. The monoisotopic (exact) mass is 425 g/mol. The molecule has 1 aromatic carbocycles. The molecule has 0 fully saturated rings. The Kier molecular flexibility index (Phi) is 6.66. The predicted octanol–water partition coefficient (Wildman–Crippen LogP) is 3.93. The summed E-state index contributed by atoms with van der Waals surface area (Å²) in [5.41, 5.74) is 2.34. The van der Waals surface area contributed by atoms with Gasteiger partial charge in [0.25, 0.3) is 5.56 Å². The standard InChI is InChI=1S/C24H31N3O2S/c1-16(2)13-27(14-18(28)12-17-8-4-3-5-9-17)15-21-25-23(29)22-19-10-6-7-11-20(19)30-24(22)26-21/h3-5,8-9,16,18,28H,6-7,10-15H2,1-2H3,(H,25,26,29)/t18-/m0/s1. The minimum absolute atomic E-state index is 0.0104. The van der Waals surface area contributed by atoms with Gasteiger partial charge in [-0.1, -0.05) is 44.2 Å². The summed E-state index contributed by atoms with van der Waals surface area (Å²) in [6, 6.07) is 10.1. The van der Waals surface area contributed by atoms with E-state index in [0.717, 1.165) is 41.6 Å². The van der Waals surface area contributed by atoms with Crippen molar-refractivity contribution in [3.8, 4) is 0 Å². The second kappa shape index (κ2) is 9.41. The number of nitrogens with zero attached hydrogens (tertiary/aromatic N) is 2. The third-order valence-corrected chi connectivity index (χ3v) is 6.84. The fraction of sp³-hybridized carbons (Fsp3) is 0.500. The molecule has 0 bridgehead atoms. The molecule has 2 heterocycles. The molecule has 4 rings (SSSR count). The Morgan fingerprint density at radius 3 is 2.70 bits per heavy atom. The Balaban J connectivity index is 1.52. The molecule has 0 aliphatic heterocycles. The zero-order valence-electron chi connectivity index (χ0n) is 17.9. The zero-order chi connectivity index (χ0) is 21.1. The molecule has 160 valence electrons. The summed E-state index contributed by atoms with van der Waals surface area (Å²) in [6.45, 7) is 6.27. The molecule has 0 amide bonds. The fourth-order valence-electron chi connectivity index (χ4n) is 4.46. The number of rotatable bonds is 8. The smallest absolute Gasteiger partial charge is 0.259 e. The third kappa shape index (κ3) is 4.99. The maximum Gasteiger partial charge on any atom is 0.259 e. The van der Waals surface area contributed by atoms with E-state index >= 15 is 0 Å². The summed E-state index contributed by atoms with van der Waals surface area (Å²) < 4.78 is 0. The van der Waals surface area contributed by atoms with Gasteiger partial charge in [0.05, 0.1) is 18.0 Å². The van der Waals surface area contributed by atoms with Crippen LogP contribution in [-0.4, -0.2) is 39.2 Å². The van der Waals surface area contributed by atoms with Crippen molar-refractivity contribution in [2.45, 2.75) is 58.6 Å². The van der Waals surface area contributed by atoms with Crippen LogP contribution in [0, 0.1) is 5.92 Å². The van der Waals surface area contributed by atoms with E-state index < -0.39 is 6.10 Å². The molecule has 3 aromatic rings. The highest BCUT2D eigenvalue weighted by atomic mass is 32.1. The number of benzene rings is 1. The van der Waals surface area contributed by atoms with Crippen molar-refractivity contribution in [1.29, 1.82) is 0 Å². The van der Waals surface area contributed by atoms with Crippen LogP contribution >= 0.6 is 11.3 Å². The number of H-pyrrole nitrogens is 1. The van der Waals surface area contributed by atoms with Crippen molar-refractivity contribution < 1.29 is 5.11 Å². The van der Waals surface area contributed by atoms with Crippen molar-refractivity contribution in [2.75, 3.05) is 13.1 Å². The molecule has 0 spiro atoms. The van der Waals surface area contributed by atoms with E-state index in [1.807, 2.05) is 30.3 Å². The van der Waals surface area contributed by atoms with E-state index in [1.54, 1.807) is 11.3 Å². The number of nitrogens with one attached hydrogen (secondary N) is 1. The van der Waals surface area contributed by atoms with Crippen LogP contribution in [0.2, 0.25) is 0 Å². The lowest BCUT2D eigenvalue weighted by molar-refractivity contribution is 0.100. The van der Waals surface area contributed by atoms with Crippen molar-refractivity contribution in [2.24, 2.45) is 5.92 Å². The molecule has 2 N–H and O–H groups in total. The van der Waals surface area contributed by atoms with E-state index in [1.165, 1.54) is 16.9 Å². The van der Waals surface area contributed by atoms with E-state index in [9.17, 15) is 9.90 Å². The molecule has 0 unspecified atom stereocenters. The zero-order valence-corrected chi connectivity index (χ0v) is 18.7. The number of hydrogen-bond donors (Lipinski definition) is 2. The second-order valence-electron chi connectivity index (χ2n) is 8.84. The molecule has 5 nitrogen and oxygen atoms in total. The van der Waals surface area contributed by atoms with Gasteiger partial charge >= 0.3 is 0 Å². The van der Waals surface area contributed by atoms with Gasteiger partial charge in [-0.25, -0.2) is 4.98 Å². The molecule has 0 radical (unpaired) electrons. The van der Waals surface area contributed by atoms with E-state index in [2.05, 4.69) is 23.7 Å². The molecule has 1 aliphatic carbocycles. The summed E-state index contributed by atoms with van der Waals surface area (Å²) in [5, 5.41) is 11.5. The lowest BCUT2D eigenvalue weighted by atomic mass is 9.97. The first-order chi connectivity index (χ1) is 14.5. The van der Waals surface area contributed by atoms with Crippen molar-refractivity contribution in [3.63, 3.8) is 0 Å². The van der Waals surface area contributed by atoms with Gasteiger partial charge in [0.1, 0.15) is 10.7 Å². The average Bonchev–Trinajstić information content (AvgIpc) is 3.06. The predicted molar refractivity (Wildman–Crippen MR) is 123 cm³/mol. The highest BCUT2D eigenvalue weighted by Crippen LogP contribution is 2.33. The molecular weight excluding hydrogens is 394 g/mol. The molecule has 6 heteroatoms. The maximum atomic E-state index is 12.8. The maximum absolute atomic E-state index is 12.8. The van der Waals surface area contributed by atoms with Crippen LogP contribution < -0.4 is 5.56 Å². The number of aliphatic hydroxyl groups is 1. The summed E-state index contributed by atoms with van der Waals surface area (Å²) in [5.74, 6) is 1.15. The average molecular weight is 426 g/mol. The van der Waals surface area contributed by atoms with Crippen LogP contribution in [0.15, 0.2) is 35.1 Å². The van der Waals surface area contributed by atoms with Gasteiger partial charge in [-0.15, -0.1) is 11.3 Å². The Hall–Kier alpha value is -2.02. The van der Waals surface area contributed by atoms with Crippen molar-refractivity contribution in [1.82, 2.24) is 14.9 Å². The number of aromatic nitrogens is 2. The number of thiophene rings is 1. The first-order valence-corrected chi connectivity index (χ1v) is 11.8. The largest absolute Gasteiger partial charge is 0.391 e. The molecule has 0 saturated carbocycles. The normalized spacial score (nSPS) is 15.1. The quantitative estimate of drug-likeness (QED) is 0.574. The number of aromatic amines is 1. The number of hydrogen-bond acceptors (Lipinski definition) is 5. The van der Waals surface area contributed by atoms with Gasteiger partial charge in [0, 0.05) is 18.0 Å². The molecule has 0 saturated heterocycles. The Labute approximate surface area is 181 Å². The molecule has 1 atom stereocenters. The van der Waals surface area contributed by atoms with Crippen LogP contribution in [0.1, 0.15) is 48.5 Å². The summed E-state index contributed by atoms with van der Waals surface area (Å²) in [6.07, 6.45) is 4.57. The van der Waals surface area contributed by atoms with Gasteiger partial charge in [0.15, 0.2) is 0 Å². The molecular formula is C24H31N3O2S. The van der Waals surface area contributed by atoms with Gasteiger partial charge in [-0.2, -0.15) is 0 Å². The minimum atomic E-state index is -0.462. The van der Waals surface area contributed by atoms with E-state index in [0.29, 0.717) is 31.3 Å². The van der Waals surface area contributed by atoms with Gasteiger partial charge in [-0.3, -0.25) is 9.69 Å². The van der Waals surface area contributed by atoms with Gasteiger partial charge in [0.2, 0.25) is 0 Å². The van der Waals surface area contributed by atoms with Crippen molar-refractivity contribution >= 4 is 21.6 Å². The summed E-state index contributed by atoms with van der Waals surface area (Å²) >= 11 is 1.69. The van der Waals surface area contributed by atoms with E-state index in [4.69, 9.17) is 4.98 Å². The lowest BCUT2D eigenvalue weighted by Crippen LogP contribution is -2.36. The first kappa shape index (κ1) is 21.2. The van der Waals surface area contributed by atoms with Gasteiger partial charge < -0.3 is 10.1 Å². The minimum Gasteiger partial charge on any atom is -0.391 e. The Bertz CT molecular complexity index is 1040. The lowest BCUT2D eigenvalue weighted by Gasteiger charge is -2.26. The van der Waals surface area contributed by atoms with Crippen LogP contribution in [0.4, 0.5) is 0 Å². The molecule has 1 aliphatic rings. The summed E-state index contributed by atoms with van der Waals surface area (Å²) in [7, 11) is 0. The van der Waals surface area contributed by atoms with Crippen LogP contribution in [0.5, 0.6) is 0 Å². The number of fused-ring (bicyclic) bond motifs is 3. The highest BCUT2D eigenvalue weighted by Gasteiger charge is 2.21. The molecule has 2 aromatic heterocycles. The topological polar surface area (TPSA) is 69.2 Å².